The molecule has 6 aromatic heterocycles. The number of anilines is 1. The van der Waals surface area contributed by atoms with E-state index in [1.807, 2.05) is 176 Å². The van der Waals surface area contributed by atoms with Crippen LogP contribution in [0, 0.1) is 32.5 Å². The van der Waals surface area contributed by atoms with E-state index >= 15 is 0 Å². The van der Waals surface area contributed by atoms with Crippen molar-refractivity contribution in [1.82, 2.24) is 59.5 Å². The van der Waals surface area contributed by atoms with Crippen molar-refractivity contribution in [3.8, 4) is 17.2 Å². The van der Waals surface area contributed by atoms with Crippen molar-refractivity contribution in [1.29, 1.82) is 0 Å². The Bertz CT molecular complexity index is 5840. The van der Waals surface area contributed by atoms with E-state index in [1.54, 1.807) is 18.1 Å². The van der Waals surface area contributed by atoms with Gasteiger partial charge in [0.15, 0.2) is 23.0 Å². The number of nitrogens with zero attached hydrogens (tertiary/aromatic N) is 10. The zero-order valence-electron chi connectivity index (χ0n) is 70.9. The molecule has 0 saturated carbocycles. The number of amides is 6. The Hall–Kier alpha value is -10.3. The second-order valence-corrected chi connectivity index (χ2v) is 34.4. The van der Waals surface area contributed by atoms with Crippen molar-refractivity contribution in [2.45, 2.75) is 140 Å². The molecule has 0 aliphatic carbocycles. The number of phenolic OH excluding ortho intramolecular Hbond substituents is 1. The number of imide groups is 1. The molecule has 1 radical (unpaired) electrons. The Balaban J connectivity index is 0.000000241. The lowest BCUT2D eigenvalue weighted by molar-refractivity contribution is 0.0172. The first-order valence-electron chi connectivity index (χ1n) is 38.8. The van der Waals surface area contributed by atoms with Crippen LogP contribution in [0.1, 0.15) is 135 Å². The molecule has 0 bridgehead atoms. The number of pyridine rings is 4. The number of halogens is 11. The maximum Gasteiger partial charge on any atom is 0.569 e. The highest BCUT2D eigenvalue weighted by molar-refractivity contribution is 6.44. The maximum absolute atomic E-state index is 13.2. The summed E-state index contributed by atoms with van der Waals surface area (Å²) in [6.07, 6.45) is 1.80. The molecular formula is C87H96BCl10FN15O14. The third-order valence-corrected chi connectivity index (χ3v) is 21.4. The van der Waals surface area contributed by atoms with E-state index in [1.165, 1.54) is 45.9 Å². The van der Waals surface area contributed by atoms with Gasteiger partial charge in [-0.15, -0.1) is 0 Å². The van der Waals surface area contributed by atoms with E-state index in [4.69, 9.17) is 152 Å². The number of H-pyrrole nitrogens is 1. The molecule has 2 aliphatic heterocycles. The first-order chi connectivity index (χ1) is 59.8. The zero-order chi connectivity index (χ0) is 94.1. The van der Waals surface area contributed by atoms with Crippen LogP contribution in [0.25, 0.3) is 22.1 Å². The number of likely N-dealkylation sites (tertiary alicyclic amines) is 1. The molecule has 5 aromatic carbocycles. The van der Waals surface area contributed by atoms with E-state index in [0.29, 0.717) is 63.2 Å². The minimum absolute atomic E-state index is 0. The van der Waals surface area contributed by atoms with Gasteiger partial charge in [-0.1, -0.05) is 238 Å². The number of piperazine rings is 1. The third kappa shape index (κ3) is 32.4. The molecule has 2 fully saturated rings. The first-order valence-corrected chi connectivity index (χ1v) is 42.5. The number of nitrogens with two attached hydrogens (primary N) is 2. The summed E-state index contributed by atoms with van der Waals surface area (Å²) in [7, 11) is 1.95. The number of phenols is 1. The number of benzene rings is 5. The number of para-hydroxylation sites is 1. The Labute approximate surface area is 789 Å². The number of urea groups is 1. The van der Waals surface area contributed by atoms with Crippen LogP contribution >= 0.6 is 116 Å². The van der Waals surface area contributed by atoms with Gasteiger partial charge in [0.05, 0.1) is 62.2 Å². The van der Waals surface area contributed by atoms with Gasteiger partial charge in [0.2, 0.25) is 0 Å². The molecule has 0 spiro atoms. The van der Waals surface area contributed by atoms with Crippen molar-refractivity contribution in [2.24, 2.45) is 17.4 Å². The highest BCUT2D eigenvalue weighted by Gasteiger charge is 2.33. The average molecular weight is 1960 g/mol. The number of ether oxygens (including phenoxy) is 3. The standard InChI is InChI=1S/C25H29Cl2N5O3.C15H12Cl3N3O2.C15H11Cl2N3O2.C11H21NO2.C8H11NO.C6H5BFO3.C6H3Cl3N2O.CH4/c1-15-6-8-17(9-7-15)14-32-21-18(12-19(26)20(27)28-21)22(29-23(32)33)31-11-10-30(13-16(31)2)24(34)35-25(3,4)5;1-8-2-4-9(5-3-8)7-19-15(23)21-14(22)10-6-11(16)13(18)20-12(10)17;1-8-2-4-9(5-3-8)7-20-13-10(14(21)19-15(20)22)6-11(16)12(17)18-13;1-9-6-5-7-12(8-9)10(13)14-11(2,3)4;1-10-8-4-2-7(6-9)3-5-8;8-4-2-1-3-5(9)6(4)11-7-10;7-3-1-2(6(10)12)4(8)11-5(3)9;/h6-9,12,16H,10-11,13-14H2,1-5H3;2-6H,7H2,1H3,(H2,19,21,22,23);2-6H,7H2,1H3,(H,19,21,22);9H,5-8H2,1-4H3;2-5H,6,9H2,1H3;1-3,9-10H;1H,(H2,10,12);1H4/t16-;;;9-;;;;/m0..1..../s1. The fourth-order valence-corrected chi connectivity index (χ4v) is 13.4. The molecule has 8 heterocycles. The SMILES string of the molecule is C.COc1ccc(CN)cc1.C[C@@H]1CCCN(C(=O)OC(C)(C)C)C1.Cc1ccc(CNC(=O)NC(=O)c2cc(Cl)c(Cl)nc2Cl)cc1.Cc1ccc(Cn2c(=O)[nH]c(=O)c3cc(Cl)c(Cl)nc32)cc1.Cc1ccc(Cn2c(=O)nc(N3CCN(C(=O)OC(C)(C)C)C[C@@H]3C)c3cc(Cl)c(Cl)nc32)cc1.NC(=O)c1cc(Cl)c(Cl)nc1Cl.O[B]Oc1c(O)cccc1F. The lowest BCUT2D eigenvalue weighted by Gasteiger charge is -2.41. The number of piperidine rings is 1. The maximum atomic E-state index is 13.2. The molecular weight excluding hydrogens is 1860 g/mol. The first kappa shape index (κ1) is 107. The summed E-state index contributed by atoms with van der Waals surface area (Å²) in [6.45, 7) is 25.8. The van der Waals surface area contributed by atoms with E-state index in [2.05, 4.69) is 52.1 Å². The topological polar surface area (TPSA) is 390 Å². The summed E-state index contributed by atoms with van der Waals surface area (Å²) in [6, 6.07) is 39.6. The second kappa shape index (κ2) is 49.5. The van der Waals surface area contributed by atoms with E-state index < -0.39 is 46.2 Å². The predicted octanol–water partition coefficient (Wildman–Crippen LogP) is 18.7. The van der Waals surface area contributed by atoms with Gasteiger partial charge in [-0.2, -0.15) is 4.98 Å². The van der Waals surface area contributed by atoms with Gasteiger partial charge in [-0.25, -0.2) is 48.3 Å². The van der Waals surface area contributed by atoms with Crippen LogP contribution in [0.2, 0.25) is 51.0 Å². The number of aromatic hydroxyl groups is 1. The molecule has 2 atom stereocenters. The van der Waals surface area contributed by atoms with E-state index in [0.717, 1.165) is 70.3 Å². The molecule has 41 heteroatoms. The third-order valence-electron chi connectivity index (χ3n) is 18.1. The van der Waals surface area contributed by atoms with Gasteiger partial charge in [-0.3, -0.25) is 33.8 Å². The number of aromatic amines is 1. The number of nitrogens with one attached hydrogen (secondary N) is 3. The number of rotatable bonds is 13. The van der Waals surface area contributed by atoms with Crippen LogP contribution in [0.4, 0.5) is 24.6 Å². The molecule has 13 rings (SSSR count). The van der Waals surface area contributed by atoms with Crippen molar-refractivity contribution in [2.75, 3.05) is 44.7 Å². The molecule has 683 valence electrons. The monoisotopic (exact) mass is 1950 g/mol. The summed E-state index contributed by atoms with van der Waals surface area (Å²) < 4.78 is 35.6. The van der Waals surface area contributed by atoms with Crippen LogP contribution in [0.5, 0.6) is 17.2 Å². The highest BCUT2D eigenvalue weighted by atomic mass is 35.5. The minimum atomic E-state index is -0.727. The van der Waals surface area contributed by atoms with Crippen LogP contribution in [-0.2, 0) is 35.7 Å². The number of carbonyl (C=O) groups excluding carboxylic acids is 5. The van der Waals surface area contributed by atoms with Crippen LogP contribution in [0.15, 0.2) is 154 Å². The Morgan fingerprint density at radius 2 is 1.05 bits per heavy atom. The van der Waals surface area contributed by atoms with Crippen molar-refractivity contribution in [3.63, 3.8) is 0 Å². The molecule has 0 unspecified atom stereocenters. The molecule has 6 amide bonds. The number of carbonyl (C=O) groups is 5. The van der Waals surface area contributed by atoms with Crippen molar-refractivity contribution < 1.29 is 57.4 Å². The molecule has 2 saturated heterocycles. The molecule has 29 nitrogen and oxygen atoms in total. The second-order valence-electron chi connectivity index (χ2n) is 30.6. The fraction of sp³-hybridized carbons (Fsp3) is 0.322. The van der Waals surface area contributed by atoms with Gasteiger partial charge in [0.1, 0.15) is 59.3 Å². The van der Waals surface area contributed by atoms with Gasteiger partial charge in [0.25, 0.3) is 17.4 Å². The van der Waals surface area contributed by atoms with Gasteiger partial charge < -0.3 is 60.5 Å². The summed E-state index contributed by atoms with van der Waals surface area (Å²) in [5.74, 6) is -0.907. The van der Waals surface area contributed by atoms with E-state index in [-0.39, 0.29) is 129 Å². The Kier molecular flexibility index (Phi) is 41.2. The lowest BCUT2D eigenvalue weighted by Crippen LogP contribution is -2.55. The molecule has 128 heavy (non-hydrogen) atoms. The van der Waals surface area contributed by atoms with Crippen LogP contribution in [-0.4, -0.2) is 154 Å². The van der Waals surface area contributed by atoms with E-state index in [9.17, 15) is 42.7 Å². The largest absolute Gasteiger partial charge is 0.569 e. The number of methoxy groups -OCH3 is 1. The number of hydrogen-bond acceptors (Lipinski definition) is 21. The minimum Gasteiger partial charge on any atom is -0.533 e. The predicted molar refractivity (Wildman–Crippen MR) is 504 cm³/mol. The summed E-state index contributed by atoms with van der Waals surface area (Å²) in [5, 5.41) is 23.3. The van der Waals surface area contributed by atoms with Crippen molar-refractivity contribution in [3.05, 3.63) is 278 Å². The van der Waals surface area contributed by atoms with Crippen LogP contribution in [0.3, 0.4) is 0 Å². The number of fused-ring (bicyclic) bond motifs is 2. The number of aryl methyl sites for hydroxylation is 3. The quantitative estimate of drug-likeness (QED) is 0.0416. The van der Waals surface area contributed by atoms with Crippen LogP contribution < -0.4 is 53.3 Å². The molecule has 9 N–H and O–H groups in total. The van der Waals surface area contributed by atoms with Gasteiger partial charge in [-0.05, 0) is 159 Å². The summed E-state index contributed by atoms with van der Waals surface area (Å²) in [5.41, 5.74) is 15.8. The summed E-state index contributed by atoms with van der Waals surface area (Å²) >= 11 is 58.3. The molecule has 11 aromatic rings. The molecule has 2 aliphatic rings. The number of aromatic nitrogens is 8. The number of primary amides is 1. The Morgan fingerprint density at radius 3 is 1.52 bits per heavy atom. The van der Waals surface area contributed by atoms with Gasteiger partial charge >= 0.3 is 37.3 Å². The lowest BCUT2D eigenvalue weighted by atomic mass is 10.0. The highest BCUT2D eigenvalue weighted by Crippen LogP contribution is 2.34. The van der Waals surface area contributed by atoms with Gasteiger partial charge in [0, 0.05) is 51.9 Å². The normalized spacial score (nSPS) is 13.3. The Morgan fingerprint density at radius 1 is 0.586 bits per heavy atom. The average Bonchev–Trinajstić information content (AvgIpc) is 0.755. The van der Waals surface area contributed by atoms with Crippen molar-refractivity contribution >= 4 is 182 Å². The zero-order valence-corrected chi connectivity index (χ0v) is 78.4. The number of hydrogen-bond donors (Lipinski definition) is 7. The smallest absolute Gasteiger partial charge is 0.533 e. The summed E-state index contributed by atoms with van der Waals surface area (Å²) in [4.78, 5) is 124. The fourth-order valence-electron chi connectivity index (χ4n) is 11.7.